The lowest BCUT2D eigenvalue weighted by Gasteiger charge is -2.15. The molecule has 0 amide bonds. The highest BCUT2D eigenvalue weighted by Crippen LogP contribution is 2.37. The second kappa shape index (κ2) is 16.4. The molecule has 0 atom stereocenters. The molecule has 0 radical (unpaired) electrons. The van der Waals surface area contributed by atoms with Crippen LogP contribution >= 0.6 is 0 Å². The van der Waals surface area contributed by atoms with E-state index in [9.17, 15) is 0 Å². The van der Waals surface area contributed by atoms with Crippen molar-refractivity contribution in [1.29, 1.82) is 0 Å². The summed E-state index contributed by atoms with van der Waals surface area (Å²) in [6.07, 6.45) is 9.43. The number of hydrogen-bond acceptors (Lipinski definition) is 5. The van der Waals surface area contributed by atoms with Crippen LogP contribution in [0.15, 0.2) is 193 Å². The molecule has 0 aliphatic carbocycles. The predicted molar refractivity (Wildman–Crippen MR) is 245 cm³/mol. The number of aryl methyl sites for hydroxylation is 5. The molecular formula is C55H42N4O. The lowest BCUT2D eigenvalue weighted by atomic mass is 9.90. The molecular weight excluding hydrogens is 733 g/mol. The summed E-state index contributed by atoms with van der Waals surface area (Å²) in [5.74, 6) is 0. The normalized spacial score (nSPS) is 12.3. The molecule has 60 heavy (non-hydrogen) atoms. The fraction of sp³-hybridized carbons (Fsp3) is 0.0909. The first-order valence-electron chi connectivity index (χ1n) is 21.8. The van der Waals surface area contributed by atoms with E-state index < -0.39 is 6.85 Å². The van der Waals surface area contributed by atoms with Crippen LogP contribution in [-0.2, 0) is 25.7 Å². The third kappa shape index (κ3) is 7.73. The Hall–Kier alpha value is -7.50. The number of rotatable bonds is 11. The maximum absolute atomic E-state index is 7.82. The van der Waals surface area contributed by atoms with E-state index in [0.29, 0.717) is 11.3 Å². The molecule has 5 aromatic carbocycles. The first-order chi connectivity index (χ1) is 30.8. The molecule has 0 saturated carbocycles. The predicted octanol–water partition coefficient (Wildman–Crippen LogP) is 13.4. The number of furan rings is 1. The van der Waals surface area contributed by atoms with Crippen molar-refractivity contribution in [2.24, 2.45) is 0 Å². The number of pyridine rings is 4. The van der Waals surface area contributed by atoms with E-state index in [0.717, 1.165) is 92.5 Å². The van der Waals surface area contributed by atoms with Crippen LogP contribution in [-0.4, -0.2) is 19.9 Å². The van der Waals surface area contributed by atoms with E-state index in [1.807, 2.05) is 79.3 Å². The Morgan fingerprint density at radius 2 is 0.983 bits per heavy atom. The molecule has 288 valence electrons. The average Bonchev–Trinajstić information content (AvgIpc) is 3.72. The second-order valence-electron chi connectivity index (χ2n) is 15.2. The summed E-state index contributed by atoms with van der Waals surface area (Å²) in [6.45, 7) is -2.33. The molecule has 5 nitrogen and oxygen atoms in total. The highest BCUT2D eigenvalue weighted by Gasteiger charge is 2.16. The Balaban J connectivity index is 0.951. The van der Waals surface area contributed by atoms with E-state index in [-0.39, 0.29) is 5.69 Å². The number of hydrogen-bond donors (Lipinski definition) is 0. The fourth-order valence-corrected chi connectivity index (χ4v) is 8.07. The van der Waals surface area contributed by atoms with Gasteiger partial charge in [-0.05, 0) is 108 Å². The van der Waals surface area contributed by atoms with Crippen LogP contribution in [0.3, 0.4) is 0 Å². The zero-order valence-corrected chi connectivity index (χ0v) is 32.9. The van der Waals surface area contributed by atoms with Gasteiger partial charge in [-0.2, -0.15) is 0 Å². The molecule has 0 aliphatic rings. The van der Waals surface area contributed by atoms with Crippen LogP contribution in [0.2, 0.25) is 0 Å². The molecule has 0 aliphatic heterocycles. The maximum Gasteiger partial charge on any atom is 0.227 e. The van der Waals surface area contributed by atoms with E-state index in [2.05, 4.69) is 102 Å². The standard InChI is InChI=1S/C55H42N4O/c1-37-19-27-49-48-17-10-18-50(54(48)60-55(49)59-37)53-30-26-44(36-58-53)46-15-8-9-16-47(46)45-32-40(22-20-38-24-28-51(56-34-38)42-11-4-2-5-12-42)31-41(33-45)23-21-39-25-29-52(57-35-39)43-13-6-3-7-14-43/h2-19,24-36H,20-23H2,1H3/i1D3. The third-order valence-electron chi connectivity index (χ3n) is 11.2. The Bertz CT molecular complexity index is 3080. The van der Waals surface area contributed by atoms with Crippen LogP contribution < -0.4 is 0 Å². The van der Waals surface area contributed by atoms with Gasteiger partial charge in [-0.1, -0.05) is 133 Å². The molecule has 0 spiro atoms. The average molecular weight is 778 g/mol. The monoisotopic (exact) mass is 777 g/mol. The number of nitrogens with zero attached hydrogens (tertiary/aromatic N) is 4. The lowest BCUT2D eigenvalue weighted by molar-refractivity contribution is 0.653. The molecule has 5 aromatic heterocycles. The first-order valence-corrected chi connectivity index (χ1v) is 20.3. The largest absolute Gasteiger partial charge is 0.437 e. The van der Waals surface area contributed by atoms with Crippen molar-refractivity contribution in [2.75, 3.05) is 0 Å². The van der Waals surface area contributed by atoms with Crippen molar-refractivity contribution >= 4 is 22.1 Å². The van der Waals surface area contributed by atoms with Gasteiger partial charge in [-0.3, -0.25) is 15.0 Å². The van der Waals surface area contributed by atoms with Crippen molar-refractivity contribution in [1.82, 2.24) is 19.9 Å². The molecule has 10 aromatic rings. The summed E-state index contributed by atoms with van der Waals surface area (Å²) in [5, 5.41) is 1.63. The number of fused-ring (bicyclic) bond motifs is 3. The van der Waals surface area contributed by atoms with Crippen molar-refractivity contribution in [2.45, 2.75) is 32.5 Å². The number of para-hydroxylation sites is 1. The van der Waals surface area contributed by atoms with Crippen molar-refractivity contribution in [3.63, 3.8) is 0 Å². The molecule has 10 rings (SSSR count). The molecule has 0 bridgehead atoms. The van der Waals surface area contributed by atoms with Gasteiger partial charge in [0.25, 0.3) is 0 Å². The van der Waals surface area contributed by atoms with Crippen molar-refractivity contribution < 1.29 is 8.53 Å². The van der Waals surface area contributed by atoms with Crippen LogP contribution in [0.25, 0.3) is 78.1 Å². The highest BCUT2D eigenvalue weighted by atomic mass is 16.3. The maximum atomic E-state index is 7.82. The van der Waals surface area contributed by atoms with Gasteiger partial charge < -0.3 is 4.42 Å². The molecule has 0 saturated heterocycles. The smallest absolute Gasteiger partial charge is 0.227 e. The van der Waals surface area contributed by atoms with E-state index in [1.54, 1.807) is 12.1 Å². The van der Waals surface area contributed by atoms with Crippen molar-refractivity contribution in [3.8, 4) is 56.0 Å². The summed E-state index contributed by atoms with van der Waals surface area (Å²) in [6, 6.07) is 58.1. The summed E-state index contributed by atoms with van der Waals surface area (Å²) in [4.78, 5) is 18.9. The highest BCUT2D eigenvalue weighted by molar-refractivity contribution is 6.08. The zero-order valence-electron chi connectivity index (χ0n) is 35.9. The Labute approximate surface area is 354 Å². The minimum Gasteiger partial charge on any atom is -0.437 e. The van der Waals surface area contributed by atoms with Crippen molar-refractivity contribution in [3.05, 3.63) is 216 Å². The minimum atomic E-state index is -2.33. The summed E-state index contributed by atoms with van der Waals surface area (Å²) >= 11 is 0. The fourth-order valence-electron chi connectivity index (χ4n) is 8.07. The van der Waals surface area contributed by atoms with Crippen LogP contribution in [0, 0.1) is 6.85 Å². The minimum absolute atomic E-state index is 0.00616. The Morgan fingerprint density at radius 1 is 0.417 bits per heavy atom. The van der Waals surface area contributed by atoms with Gasteiger partial charge in [0.2, 0.25) is 5.71 Å². The van der Waals surface area contributed by atoms with Gasteiger partial charge in [-0.15, -0.1) is 0 Å². The molecule has 5 heteroatoms. The lowest BCUT2D eigenvalue weighted by Crippen LogP contribution is -1.98. The zero-order chi connectivity index (χ0) is 42.8. The second-order valence-corrected chi connectivity index (χ2v) is 15.2. The molecule has 0 unspecified atom stereocenters. The first kappa shape index (κ1) is 33.5. The SMILES string of the molecule is [2H]C([2H])([2H])c1ccc2c(n1)oc1c(-c3ccc(-c4ccccc4-c4cc(CCc5ccc(-c6ccccc6)nc5)cc(CCc5ccc(-c6ccccc6)nc5)c4)cn3)cccc12. The van der Waals surface area contributed by atoms with E-state index in [1.165, 1.54) is 22.3 Å². The van der Waals surface area contributed by atoms with E-state index >= 15 is 0 Å². The third-order valence-corrected chi connectivity index (χ3v) is 11.2. The quantitative estimate of drug-likeness (QED) is 0.131. The molecule has 0 N–H and O–H groups in total. The number of benzene rings is 5. The summed E-state index contributed by atoms with van der Waals surface area (Å²) in [7, 11) is 0. The molecule has 5 heterocycles. The van der Waals surface area contributed by atoms with Crippen LogP contribution in [0.4, 0.5) is 0 Å². The van der Waals surface area contributed by atoms with Gasteiger partial charge in [0.1, 0.15) is 5.58 Å². The Morgan fingerprint density at radius 3 is 1.57 bits per heavy atom. The van der Waals surface area contributed by atoms with Gasteiger partial charge in [0.05, 0.1) is 17.1 Å². The Kier molecular flexibility index (Phi) is 9.15. The van der Waals surface area contributed by atoms with Crippen LogP contribution in [0.1, 0.15) is 32.1 Å². The van der Waals surface area contributed by atoms with Gasteiger partial charge >= 0.3 is 0 Å². The number of aromatic nitrogens is 4. The van der Waals surface area contributed by atoms with Gasteiger partial charge in [-0.25, -0.2) is 4.98 Å². The van der Waals surface area contributed by atoms with Crippen LogP contribution in [0.5, 0.6) is 0 Å². The topological polar surface area (TPSA) is 64.7 Å². The van der Waals surface area contributed by atoms with Gasteiger partial charge in [0, 0.05) is 61.4 Å². The summed E-state index contributed by atoms with van der Waals surface area (Å²) < 4.78 is 29.7. The molecule has 0 fully saturated rings. The van der Waals surface area contributed by atoms with Gasteiger partial charge in [0.15, 0.2) is 0 Å². The van der Waals surface area contributed by atoms with E-state index in [4.69, 9.17) is 23.5 Å². The summed E-state index contributed by atoms with van der Waals surface area (Å²) in [5.41, 5.74) is 16.0.